The summed E-state index contributed by atoms with van der Waals surface area (Å²) in [6.07, 6.45) is 0.732. The second-order valence-electron chi connectivity index (χ2n) is 9.49. The first-order valence-electron chi connectivity index (χ1n) is 11.7. The average molecular weight is 427 g/mol. The molecule has 1 atom stereocenters. The number of nitrogens with zero attached hydrogens (tertiary/aromatic N) is 1. The summed E-state index contributed by atoms with van der Waals surface area (Å²) in [5.41, 5.74) is 7.23. The van der Waals surface area contributed by atoms with Crippen LogP contribution in [-0.4, -0.2) is 16.8 Å². The number of rotatable bonds is 6. The molecule has 0 aliphatic carbocycles. The number of fused-ring (bicyclic) bond motifs is 1. The number of carbonyl (C=O) groups excluding carboxylic acids is 1. The number of hydrogen-bond donors (Lipinski definition) is 1. The topological polar surface area (TPSA) is 32.3 Å². The highest BCUT2D eigenvalue weighted by Gasteiger charge is 2.32. The van der Waals surface area contributed by atoms with Gasteiger partial charge in [-0.3, -0.25) is 9.69 Å². The third-order valence-corrected chi connectivity index (χ3v) is 6.50. The monoisotopic (exact) mass is 426 g/mol. The fourth-order valence-corrected chi connectivity index (χ4v) is 4.72. The highest BCUT2D eigenvalue weighted by molar-refractivity contribution is 5.96. The third-order valence-electron chi connectivity index (χ3n) is 6.50. The number of para-hydroxylation sites is 1. The van der Waals surface area contributed by atoms with Crippen LogP contribution in [0, 0.1) is 0 Å². The number of anilines is 1. The smallest absolute Gasteiger partial charge is 0.242 e. The van der Waals surface area contributed by atoms with Crippen LogP contribution in [0.1, 0.15) is 67.3 Å². The maximum absolute atomic E-state index is 13.8. The molecule has 1 heterocycles. The molecule has 3 heteroatoms. The standard InChI is InChI=1S/C29H34N2O/c1-20(2)25-15-10-16-26(21(3)4)28(25)30-29(32)27-17-23-13-8-9-14-24(23)19-31(27)18-22-11-6-5-7-12-22/h5-16,20-21,27H,17-19H2,1-4H3,(H,30,32)/t27-/m0/s1. The average Bonchev–Trinajstić information content (AvgIpc) is 2.79. The van der Waals surface area contributed by atoms with Crippen LogP contribution in [0.4, 0.5) is 5.69 Å². The number of carbonyl (C=O) groups is 1. The Balaban J connectivity index is 1.66. The van der Waals surface area contributed by atoms with Gasteiger partial charge in [0.2, 0.25) is 5.91 Å². The van der Waals surface area contributed by atoms with Gasteiger partial charge in [-0.2, -0.15) is 0 Å². The molecular weight excluding hydrogens is 392 g/mol. The van der Waals surface area contributed by atoms with Crippen LogP contribution >= 0.6 is 0 Å². The highest BCUT2D eigenvalue weighted by atomic mass is 16.2. The molecule has 3 nitrogen and oxygen atoms in total. The van der Waals surface area contributed by atoms with Gasteiger partial charge in [-0.1, -0.05) is 100 Å². The quantitative estimate of drug-likeness (QED) is 0.488. The number of hydrogen-bond acceptors (Lipinski definition) is 2. The zero-order chi connectivity index (χ0) is 22.7. The van der Waals surface area contributed by atoms with E-state index in [-0.39, 0.29) is 11.9 Å². The first kappa shape index (κ1) is 22.3. The predicted molar refractivity (Wildman–Crippen MR) is 133 cm³/mol. The molecule has 0 aromatic heterocycles. The van der Waals surface area contributed by atoms with Crippen molar-refractivity contribution in [1.82, 2.24) is 4.90 Å². The molecule has 1 aliphatic heterocycles. The summed E-state index contributed by atoms with van der Waals surface area (Å²) in [7, 11) is 0. The van der Waals surface area contributed by atoms with Crippen molar-refractivity contribution < 1.29 is 4.79 Å². The van der Waals surface area contributed by atoms with Gasteiger partial charge in [-0.15, -0.1) is 0 Å². The first-order chi connectivity index (χ1) is 15.4. The van der Waals surface area contributed by atoms with E-state index in [1.165, 1.54) is 27.8 Å². The molecule has 0 spiro atoms. The summed E-state index contributed by atoms with van der Waals surface area (Å²) in [5.74, 6) is 0.776. The molecule has 32 heavy (non-hydrogen) atoms. The molecule has 3 aromatic rings. The molecule has 0 saturated carbocycles. The van der Waals surface area contributed by atoms with Gasteiger partial charge in [0.05, 0.1) is 6.04 Å². The lowest BCUT2D eigenvalue weighted by Crippen LogP contribution is -2.47. The molecule has 0 bridgehead atoms. The van der Waals surface area contributed by atoms with E-state index >= 15 is 0 Å². The largest absolute Gasteiger partial charge is 0.324 e. The lowest BCUT2D eigenvalue weighted by atomic mass is 9.91. The molecule has 1 N–H and O–H groups in total. The zero-order valence-electron chi connectivity index (χ0n) is 19.6. The van der Waals surface area contributed by atoms with Gasteiger partial charge < -0.3 is 5.32 Å². The van der Waals surface area contributed by atoms with Crippen molar-refractivity contribution in [2.75, 3.05) is 5.32 Å². The predicted octanol–water partition coefficient (Wildman–Crippen LogP) is 6.50. The van der Waals surface area contributed by atoms with E-state index in [1.807, 2.05) is 6.07 Å². The van der Waals surface area contributed by atoms with E-state index in [1.54, 1.807) is 0 Å². The lowest BCUT2D eigenvalue weighted by Gasteiger charge is -2.36. The van der Waals surface area contributed by atoms with Crippen LogP contribution in [0.5, 0.6) is 0 Å². The van der Waals surface area contributed by atoms with Crippen LogP contribution in [0.25, 0.3) is 0 Å². The summed E-state index contributed by atoms with van der Waals surface area (Å²) < 4.78 is 0. The SMILES string of the molecule is CC(C)c1cccc(C(C)C)c1NC(=O)[C@@H]1Cc2ccccc2CN1Cc1ccccc1. The number of benzene rings is 3. The molecule has 1 amide bonds. The molecule has 4 rings (SSSR count). The van der Waals surface area contributed by atoms with Gasteiger partial charge in [0.25, 0.3) is 0 Å². The number of amides is 1. The first-order valence-corrected chi connectivity index (χ1v) is 11.7. The van der Waals surface area contributed by atoms with Crippen molar-refractivity contribution >= 4 is 11.6 Å². The van der Waals surface area contributed by atoms with Crippen LogP contribution in [0.2, 0.25) is 0 Å². The van der Waals surface area contributed by atoms with Crippen LogP contribution < -0.4 is 5.32 Å². The van der Waals surface area contributed by atoms with Crippen LogP contribution in [0.3, 0.4) is 0 Å². The van der Waals surface area contributed by atoms with Crippen LogP contribution in [0.15, 0.2) is 72.8 Å². The van der Waals surface area contributed by atoms with Gasteiger partial charge in [0, 0.05) is 18.8 Å². The van der Waals surface area contributed by atoms with Crippen molar-refractivity contribution in [3.63, 3.8) is 0 Å². The van der Waals surface area contributed by atoms with Gasteiger partial charge in [-0.05, 0) is 46.1 Å². The minimum absolute atomic E-state index is 0.0884. The van der Waals surface area contributed by atoms with Crippen molar-refractivity contribution in [3.8, 4) is 0 Å². The molecular formula is C29H34N2O. The van der Waals surface area contributed by atoms with E-state index in [0.29, 0.717) is 11.8 Å². The summed E-state index contributed by atoms with van der Waals surface area (Å²) >= 11 is 0. The maximum atomic E-state index is 13.8. The van der Waals surface area contributed by atoms with Gasteiger partial charge >= 0.3 is 0 Å². The normalized spacial score (nSPS) is 16.2. The summed E-state index contributed by atoms with van der Waals surface area (Å²) in [6, 6.07) is 25.2. The zero-order valence-corrected chi connectivity index (χ0v) is 19.6. The Bertz CT molecular complexity index is 1050. The number of nitrogens with one attached hydrogen (secondary N) is 1. The Morgan fingerprint density at radius 3 is 2.06 bits per heavy atom. The van der Waals surface area contributed by atoms with Gasteiger partial charge in [0.1, 0.15) is 0 Å². The summed E-state index contributed by atoms with van der Waals surface area (Å²) in [4.78, 5) is 16.1. The van der Waals surface area contributed by atoms with Gasteiger partial charge in [0.15, 0.2) is 0 Å². The molecule has 0 radical (unpaired) electrons. The summed E-state index contributed by atoms with van der Waals surface area (Å²) in [6.45, 7) is 10.3. The van der Waals surface area contributed by atoms with Crippen molar-refractivity contribution in [3.05, 3.63) is 101 Å². The van der Waals surface area contributed by atoms with Crippen LogP contribution in [-0.2, 0) is 24.3 Å². The third kappa shape index (κ3) is 4.78. The maximum Gasteiger partial charge on any atom is 0.242 e. The minimum atomic E-state index is -0.203. The Morgan fingerprint density at radius 1 is 0.844 bits per heavy atom. The Hall–Kier alpha value is -2.91. The fraction of sp³-hybridized carbons (Fsp3) is 0.345. The van der Waals surface area contributed by atoms with E-state index in [0.717, 1.165) is 25.2 Å². The Labute approximate surface area is 192 Å². The van der Waals surface area contributed by atoms with E-state index in [9.17, 15) is 4.79 Å². The van der Waals surface area contributed by atoms with Crippen molar-refractivity contribution in [1.29, 1.82) is 0 Å². The lowest BCUT2D eigenvalue weighted by molar-refractivity contribution is -0.122. The van der Waals surface area contributed by atoms with E-state index < -0.39 is 0 Å². The fourth-order valence-electron chi connectivity index (χ4n) is 4.72. The highest BCUT2D eigenvalue weighted by Crippen LogP contribution is 2.33. The Kier molecular flexibility index (Phi) is 6.76. The molecule has 0 unspecified atom stereocenters. The molecule has 0 fully saturated rings. The second kappa shape index (κ2) is 9.70. The minimum Gasteiger partial charge on any atom is -0.324 e. The van der Waals surface area contributed by atoms with E-state index in [4.69, 9.17) is 0 Å². The Morgan fingerprint density at radius 2 is 1.44 bits per heavy atom. The second-order valence-corrected chi connectivity index (χ2v) is 9.49. The molecule has 1 aliphatic rings. The summed E-state index contributed by atoms with van der Waals surface area (Å²) in [5, 5.41) is 3.38. The van der Waals surface area contributed by atoms with E-state index in [2.05, 4.69) is 105 Å². The van der Waals surface area contributed by atoms with Crippen molar-refractivity contribution in [2.45, 2.75) is 65.1 Å². The molecule has 0 saturated heterocycles. The van der Waals surface area contributed by atoms with Gasteiger partial charge in [-0.25, -0.2) is 0 Å². The molecule has 3 aromatic carbocycles. The van der Waals surface area contributed by atoms with Crippen molar-refractivity contribution in [2.24, 2.45) is 0 Å². The molecule has 166 valence electrons.